The minimum Gasteiger partial charge on any atom is -0.292 e. The van der Waals surface area contributed by atoms with E-state index >= 15 is 0 Å². The Hall–Kier alpha value is -1.01. The molecule has 2 aromatic rings. The summed E-state index contributed by atoms with van der Waals surface area (Å²) in [6.45, 7) is 0. The molecular weight excluding hydrogens is 279 g/mol. The summed E-state index contributed by atoms with van der Waals surface area (Å²) in [6, 6.07) is 7.42. The molecular formula is C10H8Cl2N4S. The standard InChI is InChI=1S/C10H8Cl2N4S/c11-6-2-1-3-7(4-6)17-9-8(12)5-14-10(15-9)16-13/h1-5H,13H2,(H,14,15,16). The van der Waals surface area contributed by atoms with Gasteiger partial charge in [0.05, 0.1) is 11.2 Å². The molecule has 1 aromatic heterocycles. The second-order valence-electron chi connectivity index (χ2n) is 3.05. The van der Waals surface area contributed by atoms with Gasteiger partial charge in [-0.25, -0.2) is 15.8 Å². The summed E-state index contributed by atoms with van der Waals surface area (Å²) in [5, 5.41) is 1.75. The van der Waals surface area contributed by atoms with Crippen LogP contribution in [0, 0.1) is 0 Å². The van der Waals surface area contributed by atoms with E-state index in [4.69, 9.17) is 29.0 Å². The maximum Gasteiger partial charge on any atom is 0.238 e. The van der Waals surface area contributed by atoms with Gasteiger partial charge in [0.25, 0.3) is 0 Å². The number of hydrogen-bond acceptors (Lipinski definition) is 5. The van der Waals surface area contributed by atoms with Crippen molar-refractivity contribution in [2.24, 2.45) is 5.84 Å². The molecule has 7 heteroatoms. The first-order valence-corrected chi connectivity index (χ1v) is 6.19. The van der Waals surface area contributed by atoms with Crippen LogP contribution in [0.4, 0.5) is 5.95 Å². The molecule has 0 saturated heterocycles. The van der Waals surface area contributed by atoms with Crippen molar-refractivity contribution in [3.05, 3.63) is 40.5 Å². The van der Waals surface area contributed by atoms with Crippen molar-refractivity contribution in [3.8, 4) is 0 Å². The Bertz CT molecular complexity index is 535. The molecule has 1 heterocycles. The quantitative estimate of drug-likeness (QED) is 0.515. The van der Waals surface area contributed by atoms with Crippen molar-refractivity contribution < 1.29 is 0 Å². The highest BCUT2D eigenvalue weighted by atomic mass is 35.5. The van der Waals surface area contributed by atoms with E-state index in [1.54, 1.807) is 6.07 Å². The molecule has 2 rings (SSSR count). The number of nitrogens with one attached hydrogen (secondary N) is 1. The van der Waals surface area contributed by atoms with Crippen LogP contribution in [0.25, 0.3) is 0 Å². The van der Waals surface area contributed by atoms with E-state index in [-0.39, 0.29) is 0 Å². The third-order valence-electron chi connectivity index (χ3n) is 1.85. The van der Waals surface area contributed by atoms with Crippen molar-refractivity contribution in [3.63, 3.8) is 0 Å². The Morgan fingerprint density at radius 1 is 1.29 bits per heavy atom. The maximum absolute atomic E-state index is 6.00. The van der Waals surface area contributed by atoms with Crippen LogP contribution in [0.2, 0.25) is 10.0 Å². The summed E-state index contributed by atoms with van der Waals surface area (Å²) in [4.78, 5) is 9.00. The lowest BCUT2D eigenvalue weighted by Gasteiger charge is -2.05. The van der Waals surface area contributed by atoms with Gasteiger partial charge < -0.3 is 0 Å². The minimum absolute atomic E-state index is 0.318. The molecule has 4 nitrogen and oxygen atoms in total. The smallest absolute Gasteiger partial charge is 0.238 e. The fourth-order valence-corrected chi connectivity index (χ4v) is 2.43. The lowest BCUT2D eigenvalue weighted by Crippen LogP contribution is -2.10. The minimum atomic E-state index is 0.318. The van der Waals surface area contributed by atoms with Gasteiger partial charge in [-0.3, -0.25) is 5.43 Å². The zero-order valence-electron chi connectivity index (χ0n) is 8.52. The fraction of sp³-hybridized carbons (Fsp3) is 0. The Kier molecular flexibility index (Phi) is 4.06. The van der Waals surface area contributed by atoms with Gasteiger partial charge in [-0.05, 0) is 18.2 Å². The maximum atomic E-state index is 6.00. The predicted octanol–water partition coefficient (Wildman–Crippen LogP) is 3.22. The van der Waals surface area contributed by atoms with E-state index in [9.17, 15) is 0 Å². The second kappa shape index (κ2) is 5.55. The molecule has 0 aliphatic rings. The molecule has 0 radical (unpaired) electrons. The van der Waals surface area contributed by atoms with E-state index in [0.717, 1.165) is 4.90 Å². The molecule has 0 unspecified atom stereocenters. The highest BCUT2D eigenvalue weighted by Gasteiger charge is 2.07. The average Bonchev–Trinajstić information content (AvgIpc) is 2.32. The highest BCUT2D eigenvalue weighted by molar-refractivity contribution is 7.99. The van der Waals surface area contributed by atoms with Gasteiger partial charge >= 0.3 is 0 Å². The molecule has 0 atom stereocenters. The third kappa shape index (κ3) is 3.23. The van der Waals surface area contributed by atoms with Crippen LogP contribution in [-0.2, 0) is 0 Å². The van der Waals surface area contributed by atoms with E-state index in [1.807, 2.05) is 18.2 Å². The van der Waals surface area contributed by atoms with Crippen LogP contribution < -0.4 is 11.3 Å². The predicted molar refractivity (Wildman–Crippen MR) is 70.4 cm³/mol. The molecule has 0 aliphatic heterocycles. The summed E-state index contributed by atoms with van der Waals surface area (Å²) in [5.41, 5.74) is 2.37. The SMILES string of the molecule is NNc1ncc(Cl)c(Sc2cccc(Cl)c2)n1. The molecule has 0 amide bonds. The van der Waals surface area contributed by atoms with Gasteiger partial charge in [-0.15, -0.1) is 0 Å². The normalized spacial score (nSPS) is 10.3. The van der Waals surface area contributed by atoms with Crippen LogP contribution >= 0.6 is 35.0 Å². The molecule has 17 heavy (non-hydrogen) atoms. The topological polar surface area (TPSA) is 63.8 Å². The first-order chi connectivity index (χ1) is 8.19. The summed E-state index contributed by atoms with van der Waals surface area (Å²) in [7, 11) is 0. The molecule has 0 aliphatic carbocycles. The number of hydrogen-bond donors (Lipinski definition) is 2. The number of halogens is 2. The number of aromatic nitrogens is 2. The van der Waals surface area contributed by atoms with Gasteiger partial charge in [-0.2, -0.15) is 0 Å². The average molecular weight is 287 g/mol. The van der Waals surface area contributed by atoms with Crippen LogP contribution in [0.1, 0.15) is 0 Å². The number of benzene rings is 1. The number of nitrogens with zero attached hydrogens (tertiary/aromatic N) is 2. The third-order valence-corrected chi connectivity index (χ3v) is 3.47. The van der Waals surface area contributed by atoms with Crippen LogP contribution in [0.15, 0.2) is 40.4 Å². The molecule has 0 saturated carbocycles. The highest BCUT2D eigenvalue weighted by Crippen LogP contribution is 2.32. The molecule has 0 spiro atoms. The summed E-state index contributed by atoms with van der Waals surface area (Å²) < 4.78 is 0. The molecule has 3 N–H and O–H groups in total. The van der Waals surface area contributed by atoms with E-state index in [1.165, 1.54) is 18.0 Å². The molecule has 0 fully saturated rings. The largest absolute Gasteiger partial charge is 0.292 e. The molecule has 0 bridgehead atoms. The Morgan fingerprint density at radius 3 is 2.82 bits per heavy atom. The number of nitrogen functional groups attached to an aromatic ring is 1. The second-order valence-corrected chi connectivity index (χ2v) is 4.96. The first-order valence-electron chi connectivity index (χ1n) is 4.61. The van der Waals surface area contributed by atoms with Crippen molar-refractivity contribution in [1.29, 1.82) is 0 Å². The van der Waals surface area contributed by atoms with Gasteiger partial charge in [0, 0.05) is 9.92 Å². The summed E-state index contributed by atoms with van der Waals surface area (Å²) >= 11 is 13.3. The summed E-state index contributed by atoms with van der Waals surface area (Å²) in [5.74, 6) is 5.56. The van der Waals surface area contributed by atoms with E-state index < -0.39 is 0 Å². The Labute approximate surface area is 113 Å². The number of anilines is 1. The monoisotopic (exact) mass is 286 g/mol. The first kappa shape index (κ1) is 12.4. The zero-order chi connectivity index (χ0) is 12.3. The number of rotatable bonds is 3. The molecule has 1 aromatic carbocycles. The van der Waals surface area contributed by atoms with Crippen molar-refractivity contribution in [2.45, 2.75) is 9.92 Å². The van der Waals surface area contributed by atoms with Crippen molar-refractivity contribution in [2.75, 3.05) is 5.43 Å². The number of hydrazine groups is 1. The Morgan fingerprint density at radius 2 is 2.12 bits per heavy atom. The fourth-order valence-electron chi connectivity index (χ4n) is 1.13. The van der Waals surface area contributed by atoms with Gasteiger partial charge in [0.1, 0.15) is 5.03 Å². The van der Waals surface area contributed by atoms with Gasteiger partial charge in [0.15, 0.2) is 0 Å². The van der Waals surface area contributed by atoms with Gasteiger partial charge in [0.2, 0.25) is 5.95 Å². The zero-order valence-corrected chi connectivity index (χ0v) is 10.9. The van der Waals surface area contributed by atoms with Crippen molar-refractivity contribution in [1.82, 2.24) is 9.97 Å². The Balaban J connectivity index is 2.29. The van der Waals surface area contributed by atoms with Crippen LogP contribution in [0.5, 0.6) is 0 Å². The lowest BCUT2D eigenvalue weighted by molar-refractivity contribution is 1.03. The van der Waals surface area contributed by atoms with E-state index in [0.29, 0.717) is 21.0 Å². The van der Waals surface area contributed by atoms with Gasteiger partial charge in [-0.1, -0.05) is 41.0 Å². The van der Waals surface area contributed by atoms with Crippen LogP contribution in [0.3, 0.4) is 0 Å². The van der Waals surface area contributed by atoms with Crippen molar-refractivity contribution >= 4 is 40.9 Å². The summed E-state index contributed by atoms with van der Waals surface area (Å²) in [6.07, 6.45) is 1.50. The van der Waals surface area contributed by atoms with E-state index in [2.05, 4.69) is 15.4 Å². The number of nitrogens with two attached hydrogens (primary N) is 1. The lowest BCUT2D eigenvalue weighted by atomic mass is 10.4. The van der Waals surface area contributed by atoms with Crippen LogP contribution in [-0.4, -0.2) is 9.97 Å². The molecule has 88 valence electrons.